The molecule has 0 bridgehead atoms. The smallest absolute Gasteiger partial charge is 0.255 e. The fraction of sp³-hybridized carbons (Fsp3) is 0.231. The minimum atomic E-state index is -0.145. The minimum absolute atomic E-state index is 0.0563. The number of anilines is 1. The molecule has 1 aliphatic carbocycles. The van der Waals surface area contributed by atoms with Gasteiger partial charge in [-0.2, -0.15) is 0 Å². The summed E-state index contributed by atoms with van der Waals surface area (Å²) in [5, 5.41) is 2.94. The van der Waals surface area contributed by atoms with Crippen molar-refractivity contribution in [1.29, 1.82) is 0 Å². The van der Waals surface area contributed by atoms with E-state index >= 15 is 0 Å². The molecule has 4 heteroatoms. The fourth-order valence-electron chi connectivity index (χ4n) is 3.88. The summed E-state index contributed by atoms with van der Waals surface area (Å²) in [5.41, 5.74) is 3.57. The first kappa shape index (κ1) is 19.9. The lowest BCUT2D eigenvalue weighted by atomic mass is 10.0. The van der Waals surface area contributed by atoms with Crippen molar-refractivity contribution in [3.05, 3.63) is 102 Å². The molecule has 30 heavy (non-hydrogen) atoms. The topological polar surface area (TPSA) is 49.4 Å². The van der Waals surface area contributed by atoms with Gasteiger partial charge in [-0.1, -0.05) is 60.7 Å². The number of nitrogens with zero attached hydrogens (tertiary/aromatic N) is 1. The zero-order chi connectivity index (χ0) is 21.1. The normalized spacial score (nSPS) is 18.3. The van der Waals surface area contributed by atoms with Crippen LogP contribution in [0.15, 0.2) is 84.9 Å². The largest absolute Gasteiger partial charge is 0.339 e. The average Bonchev–Trinajstić information content (AvgIpc) is 3.60. The van der Waals surface area contributed by atoms with E-state index in [1.165, 1.54) is 5.56 Å². The van der Waals surface area contributed by atoms with Gasteiger partial charge < -0.3 is 10.2 Å². The van der Waals surface area contributed by atoms with Crippen LogP contribution in [0, 0.1) is 5.92 Å². The number of rotatable bonds is 6. The van der Waals surface area contributed by atoms with E-state index in [2.05, 4.69) is 17.4 Å². The van der Waals surface area contributed by atoms with Crippen LogP contribution in [0.2, 0.25) is 0 Å². The second kappa shape index (κ2) is 8.54. The lowest BCUT2D eigenvalue weighted by molar-refractivity contribution is -0.133. The highest BCUT2D eigenvalue weighted by Gasteiger charge is 2.45. The Morgan fingerprint density at radius 1 is 0.933 bits per heavy atom. The SMILES string of the molecule is C[C@H](c1cccc(NC(=O)c2ccccc2)c1)N(C)C(=O)[C@@H]1C[C@H]1c1ccccc1. The van der Waals surface area contributed by atoms with Crippen LogP contribution in [-0.4, -0.2) is 23.8 Å². The molecule has 0 aliphatic heterocycles. The molecule has 0 aromatic heterocycles. The second-order valence-corrected chi connectivity index (χ2v) is 7.93. The molecular weight excluding hydrogens is 372 g/mol. The Balaban J connectivity index is 1.42. The molecule has 3 atom stereocenters. The standard InChI is InChI=1S/C26H26N2O2/c1-18(28(2)26(30)24-17-23(24)19-10-5-3-6-11-19)21-14-9-15-22(16-21)27-25(29)20-12-7-4-8-13-20/h3-16,18,23-24H,17H2,1-2H3,(H,27,29)/t18-,23+,24-/m1/s1. The summed E-state index contributed by atoms with van der Waals surface area (Å²) in [7, 11) is 1.86. The van der Waals surface area contributed by atoms with E-state index < -0.39 is 0 Å². The van der Waals surface area contributed by atoms with Gasteiger partial charge in [0.1, 0.15) is 0 Å². The van der Waals surface area contributed by atoms with Crippen LogP contribution < -0.4 is 5.32 Å². The summed E-state index contributed by atoms with van der Waals surface area (Å²) in [4.78, 5) is 27.3. The average molecular weight is 399 g/mol. The van der Waals surface area contributed by atoms with Gasteiger partial charge in [0.25, 0.3) is 5.91 Å². The predicted molar refractivity (Wildman–Crippen MR) is 119 cm³/mol. The van der Waals surface area contributed by atoms with Crippen molar-refractivity contribution in [3.63, 3.8) is 0 Å². The third-order valence-corrected chi connectivity index (χ3v) is 5.93. The zero-order valence-electron chi connectivity index (χ0n) is 17.3. The van der Waals surface area contributed by atoms with E-state index in [1.807, 2.05) is 79.5 Å². The lowest BCUT2D eigenvalue weighted by Crippen LogP contribution is -2.31. The zero-order valence-corrected chi connectivity index (χ0v) is 17.3. The van der Waals surface area contributed by atoms with E-state index in [9.17, 15) is 9.59 Å². The Hall–Kier alpha value is -3.40. The van der Waals surface area contributed by atoms with Gasteiger partial charge in [-0.15, -0.1) is 0 Å². The van der Waals surface area contributed by atoms with Gasteiger partial charge in [0.05, 0.1) is 6.04 Å². The van der Waals surface area contributed by atoms with Gasteiger partial charge >= 0.3 is 0 Å². The lowest BCUT2D eigenvalue weighted by Gasteiger charge is -2.26. The van der Waals surface area contributed by atoms with Crippen LogP contribution in [0.4, 0.5) is 5.69 Å². The van der Waals surface area contributed by atoms with Crippen molar-refractivity contribution in [2.45, 2.75) is 25.3 Å². The first-order chi connectivity index (χ1) is 14.5. The van der Waals surface area contributed by atoms with Gasteiger partial charge in [0, 0.05) is 24.2 Å². The maximum atomic E-state index is 13.0. The first-order valence-corrected chi connectivity index (χ1v) is 10.3. The van der Waals surface area contributed by atoms with Crippen molar-refractivity contribution in [3.8, 4) is 0 Å². The van der Waals surface area contributed by atoms with Crippen LogP contribution in [0.1, 0.15) is 46.8 Å². The van der Waals surface area contributed by atoms with Crippen LogP contribution >= 0.6 is 0 Å². The first-order valence-electron chi connectivity index (χ1n) is 10.3. The van der Waals surface area contributed by atoms with Crippen molar-refractivity contribution in [2.24, 2.45) is 5.92 Å². The molecule has 1 N–H and O–H groups in total. The van der Waals surface area contributed by atoms with E-state index in [4.69, 9.17) is 0 Å². The molecule has 3 aromatic rings. The molecule has 4 rings (SSSR count). The van der Waals surface area contributed by atoms with E-state index in [0.29, 0.717) is 11.5 Å². The number of amides is 2. The van der Waals surface area contributed by atoms with Gasteiger partial charge in [-0.05, 0) is 54.7 Å². The number of carbonyl (C=O) groups excluding carboxylic acids is 2. The van der Waals surface area contributed by atoms with Gasteiger partial charge in [-0.3, -0.25) is 9.59 Å². The van der Waals surface area contributed by atoms with Gasteiger partial charge in [-0.25, -0.2) is 0 Å². The third-order valence-electron chi connectivity index (χ3n) is 5.93. The summed E-state index contributed by atoms with van der Waals surface area (Å²) in [6.45, 7) is 2.02. The van der Waals surface area contributed by atoms with Crippen LogP contribution in [-0.2, 0) is 4.79 Å². The van der Waals surface area contributed by atoms with Crippen LogP contribution in [0.3, 0.4) is 0 Å². The Labute approximate surface area is 177 Å². The predicted octanol–water partition coefficient (Wildman–Crippen LogP) is 5.26. The molecule has 0 saturated heterocycles. The van der Waals surface area contributed by atoms with E-state index in [0.717, 1.165) is 17.7 Å². The van der Waals surface area contributed by atoms with Gasteiger partial charge in [0.2, 0.25) is 5.91 Å². The number of hydrogen-bond donors (Lipinski definition) is 1. The van der Waals surface area contributed by atoms with Crippen LogP contribution in [0.25, 0.3) is 0 Å². The molecule has 3 aromatic carbocycles. The van der Waals surface area contributed by atoms with E-state index in [-0.39, 0.29) is 23.8 Å². The Morgan fingerprint density at radius 2 is 1.60 bits per heavy atom. The second-order valence-electron chi connectivity index (χ2n) is 7.93. The maximum absolute atomic E-state index is 13.0. The molecule has 1 aliphatic rings. The van der Waals surface area contributed by atoms with Crippen molar-refractivity contribution < 1.29 is 9.59 Å². The molecule has 0 unspecified atom stereocenters. The fourth-order valence-corrected chi connectivity index (χ4v) is 3.88. The highest BCUT2D eigenvalue weighted by molar-refractivity contribution is 6.04. The Kier molecular flexibility index (Phi) is 5.66. The molecule has 2 amide bonds. The summed E-state index contributed by atoms with van der Waals surface area (Å²) in [6, 6.07) is 27.0. The highest BCUT2D eigenvalue weighted by atomic mass is 16.2. The molecule has 0 radical (unpaired) electrons. The quantitative estimate of drug-likeness (QED) is 0.616. The molecule has 0 spiro atoms. The number of nitrogens with one attached hydrogen (secondary N) is 1. The summed E-state index contributed by atoms with van der Waals surface area (Å²) in [6.07, 6.45) is 0.910. The Morgan fingerprint density at radius 3 is 2.30 bits per heavy atom. The van der Waals surface area contributed by atoms with Crippen molar-refractivity contribution in [1.82, 2.24) is 4.90 Å². The number of hydrogen-bond acceptors (Lipinski definition) is 2. The Bertz CT molecular complexity index is 1030. The summed E-state index contributed by atoms with van der Waals surface area (Å²) < 4.78 is 0. The molecule has 4 nitrogen and oxygen atoms in total. The third kappa shape index (κ3) is 4.28. The summed E-state index contributed by atoms with van der Waals surface area (Å²) in [5.74, 6) is 0.411. The molecule has 1 fully saturated rings. The van der Waals surface area contributed by atoms with Crippen molar-refractivity contribution >= 4 is 17.5 Å². The number of carbonyl (C=O) groups is 2. The molecule has 152 valence electrons. The number of benzene rings is 3. The highest BCUT2D eigenvalue weighted by Crippen LogP contribution is 2.48. The summed E-state index contributed by atoms with van der Waals surface area (Å²) >= 11 is 0. The van der Waals surface area contributed by atoms with Gasteiger partial charge in [0.15, 0.2) is 0 Å². The van der Waals surface area contributed by atoms with E-state index in [1.54, 1.807) is 12.1 Å². The molecule has 1 saturated carbocycles. The monoisotopic (exact) mass is 398 g/mol. The maximum Gasteiger partial charge on any atom is 0.255 e. The molecule has 0 heterocycles. The molecular formula is C26H26N2O2. The van der Waals surface area contributed by atoms with Crippen LogP contribution in [0.5, 0.6) is 0 Å². The van der Waals surface area contributed by atoms with Crippen molar-refractivity contribution in [2.75, 3.05) is 12.4 Å². The minimum Gasteiger partial charge on any atom is -0.339 e.